The predicted molar refractivity (Wildman–Crippen MR) is 55.0 cm³/mol. The number of anilines is 1. The van der Waals surface area contributed by atoms with E-state index in [4.69, 9.17) is 5.11 Å². The number of carboxylic acids is 1. The number of nitrogens with one attached hydrogen (secondary N) is 1. The van der Waals surface area contributed by atoms with Crippen LogP contribution >= 0.6 is 15.9 Å². The quantitative estimate of drug-likeness (QED) is 0.830. The molecular formula is C9H7BrFNO3. The van der Waals surface area contributed by atoms with Gasteiger partial charge in [0.25, 0.3) is 0 Å². The van der Waals surface area contributed by atoms with E-state index < -0.39 is 24.1 Å². The van der Waals surface area contributed by atoms with Crippen molar-refractivity contribution in [2.24, 2.45) is 0 Å². The fourth-order valence-corrected chi connectivity index (χ4v) is 1.29. The van der Waals surface area contributed by atoms with Gasteiger partial charge >= 0.3 is 5.97 Å². The summed E-state index contributed by atoms with van der Waals surface area (Å²) in [6.07, 6.45) is -0.689. The minimum absolute atomic E-state index is 0.0457. The Hall–Kier alpha value is -1.43. The van der Waals surface area contributed by atoms with Gasteiger partial charge in [-0.25, -0.2) is 4.39 Å². The fraction of sp³-hybridized carbons (Fsp3) is 0.111. The Morgan fingerprint density at radius 1 is 1.47 bits per heavy atom. The first-order valence-electron chi connectivity index (χ1n) is 3.95. The van der Waals surface area contributed by atoms with Crippen LogP contribution in [0.3, 0.4) is 0 Å². The predicted octanol–water partition coefficient (Wildman–Crippen LogP) is 2.00. The first-order valence-corrected chi connectivity index (χ1v) is 4.75. The molecule has 0 aliphatic rings. The van der Waals surface area contributed by atoms with Gasteiger partial charge in [-0.3, -0.25) is 9.59 Å². The molecule has 0 aromatic heterocycles. The van der Waals surface area contributed by atoms with Crippen LogP contribution < -0.4 is 5.32 Å². The lowest BCUT2D eigenvalue weighted by molar-refractivity contribution is -0.139. The van der Waals surface area contributed by atoms with Gasteiger partial charge in [-0.1, -0.05) is 15.9 Å². The molecule has 6 heteroatoms. The monoisotopic (exact) mass is 275 g/mol. The van der Waals surface area contributed by atoms with Gasteiger partial charge in [0.15, 0.2) is 0 Å². The van der Waals surface area contributed by atoms with Crippen LogP contribution in [0.5, 0.6) is 0 Å². The lowest BCUT2D eigenvalue weighted by atomic mass is 10.3. The first-order chi connectivity index (χ1) is 6.99. The smallest absolute Gasteiger partial charge is 0.312 e. The second-order valence-corrected chi connectivity index (χ2v) is 3.66. The molecule has 0 heterocycles. The minimum atomic E-state index is -1.26. The van der Waals surface area contributed by atoms with Crippen LogP contribution in [0.2, 0.25) is 0 Å². The molecule has 0 unspecified atom stereocenters. The second kappa shape index (κ2) is 4.88. The number of rotatable bonds is 3. The molecular weight excluding hydrogens is 269 g/mol. The molecule has 1 amide bonds. The summed E-state index contributed by atoms with van der Waals surface area (Å²) >= 11 is 3.10. The average Bonchev–Trinajstić information content (AvgIpc) is 2.10. The summed E-state index contributed by atoms with van der Waals surface area (Å²) in [4.78, 5) is 21.2. The summed E-state index contributed by atoms with van der Waals surface area (Å²) in [7, 11) is 0. The number of hydrogen-bond acceptors (Lipinski definition) is 2. The maximum Gasteiger partial charge on any atom is 0.312 e. The van der Waals surface area contributed by atoms with Crippen molar-refractivity contribution >= 4 is 33.5 Å². The Morgan fingerprint density at radius 2 is 2.13 bits per heavy atom. The SMILES string of the molecule is O=C(O)CC(=O)Nc1cc(Br)ccc1F. The number of halogens is 2. The molecule has 1 rings (SSSR count). The van der Waals surface area contributed by atoms with Crippen molar-refractivity contribution in [1.82, 2.24) is 0 Å². The highest BCUT2D eigenvalue weighted by atomic mass is 79.9. The normalized spacial score (nSPS) is 9.73. The Kier molecular flexibility index (Phi) is 3.79. The van der Waals surface area contributed by atoms with Gasteiger partial charge in [0.1, 0.15) is 12.2 Å². The number of carboxylic acid groups (broad SMARTS) is 1. The molecule has 0 aliphatic carbocycles. The topological polar surface area (TPSA) is 66.4 Å². The van der Waals surface area contributed by atoms with Crippen LogP contribution in [0.25, 0.3) is 0 Å². The maximum absolute atomic E-state index is 13.1. The van der Waals surface area contributed by atoms with Gasteiger partial charge in [0.2, 0.25) is 5.91 Å². The Morgan fingerprint density at radius 3 is 2.73 bits per heavy atom. The van der Waals surface area contributed by atoms with E-state index in [0.717, 1.165) is 0 Å². The summed E-state index contributed by atoms with van der Waals surface area (Å²) in [6, 6.07) is 4.00. The summed E-state index contributed by atoms with van der Waals surface area (Å²) in [5, 5.41) is 10.5. The van der Waals surface area contributed by atoms with E-state index in [1.165, 1.54) is 18.2 Å². The van der Waals surface area contributed by atoms with Gasteiger partial charge in [0, 0.05) is 4.47 Å². The third kappa shape index (κ3) is 3.67. The molecule has 0 bridgehead atoms. The van der Waals surface area contributed by atoms with Crippen LogP contribution in [0.1, 0.15) is 6.42 Å². The van der Waals surface area contributed by atoms with Gasteiger partial charge < -0.3 is 10.4 Å². The molecule has 2 N–H and O–H groups in total. The Balaban J connectivity index is 2.76. The number of hydrogen-bond donors (Lipinski definition) is 2. The lowest BCUT2D eigenvalue weighted by Crippen LogP contribution is -2.16. The highest BCUT2D eigenvalue weighted by molar-refractivity contribution is 9.10. The molecule has 0 radical (unpaired) electrons. The van der Waals surface area contributed by atoms with Crippen molar-refractivity contribution in [3.05, 3.63) is 28.5 Å². The molecule has 4 nitrogen and oxygen atoms in total. The zero-order valence-electron chi connectivity index (χ0n) is 7.46. The number of benzene rings is 1. The minimum Gasteiger partial charge on any atom is -0.481 e. The van der Waals surface area contributed by atoms with Crippen molar-refractivity contribution in [3.8, 4) is 0 Å². The largest absolute Gasteiger partial charge is 0.481 e. The standard InChI is InChI=1S/C9H7BrFNO3/c10-5-1-2-6(11)7(3-5)12-8(13)4-9(14)15/h1-3H,4H2,(H,12,13)(H,14,15). The van der Waals surface area contributed by atoms with Crippen LogP contribution in [0.15, 0.2) is 22.7 Å². The molecule has 0 saturated carbocycles. The molecule has 1 aromatic rings. The molecule has 0 fully saturated rings. The van der Waals surface area contributed by atoms with E-state index in [2.05, 4.69) is 21.2 Å². The fourth-order valence-electron chi connectivity index (χ4n) is 0.925. The number of amides is 1. The van der Waals surface area contributed by atoms with E-state index >= 15 is 0 Å². The zero-order valence-corrected chi connectivity index (χ0v) is 9.04. The number of aliphatic carboxylic acids is 1. The highest BCUT2D eigenvalue weighted by Gasteiger charge is 2.10. The van der Waals surface area contributed by atoms with Crippen LogP contribution in [-0.4, -0.2) is 17.0 Å². The van der Waals surface area contributed by atoms with Crippen molar-refractivity contribution in [1.29, 1.82) is 0 Å². The highest BCUT2D eigenvalue weighted by Crippen LogP contribution is 2.19. The number of carbonyl (C=O) groups excluding carboxylic acids is 1. The summed E-state index contributed by atoms with van der Waals surface area (Å²) < 4.78 is 13.7. The van der Waals surface area contributed by atoms with Gasteiger partial charge in [-0.2, -0.15) is 0 Å². The first kappa shape index (κ1) is 11.6. The molecule has 1 aromatic carbocycles. The van der Waals surface area contributed by atoms with Crippen molar-refractivity contribution in [2.75, 3.05) is 5.32 Å². The summed E-state index contributed by atoms with van der Waals surface area (Å²) in [5.74, 6) is -2.64. The van der Waals surface area contributed by atoms with Gasteiger partial charge in [0.05, 0.1) is 5.69 Å². The molecule has 0 saturated heterocycles. The molecule has 0 spiro atoms. The summed E-state index contributed by atoms with van der Waals surface area (Å²) in [5.41, 5.74) is -0.0457. The Labute approximate surface area is 93.2 Å². The summed E-state index contributed by atoms with van der Waals surface area (Å²) in [6.45, 7) is 0. The second-order valence-electron chi connectivity index (χ2n) is 2.74. The van der Waals surface area contributed by atoms with Crippen LogP contribution in [0.4, 0.5) is 10.1 Å². The third-order valence-corrected chi connectivity index (χ3v) is 2.01. The molecule has 80 valence electrons. The van der Waals surface area contributed by atoms with E-state index in [9.17, 15) is 14.0 Å². The van der Waals surface area contributed by atoms with E-state index in [1.54, 1.807) is 0 Å². The van der Waals surface area contributed by atoms with E-state index in [0.29, 0.717) is 4.47 Å². The lowest BCUT2D eigenvalue weighted by Gasteiger charge is -2.05. The van der Waals surface area contributed by atoms with Crippen molar-refractivity contribution in [2.45, 2.75) is 6.42 Å². The van der Waals surface area contributed by atoms with Crippen LogP contribution in [0, 0.1) is 5.82 Å². The Bertz CT molecular complexity index is 408. The van der Waals surface area contributed by atoms with Crippen molar-refractivity contribution < 1.29 is 19.1 Å². The third-order valence-electron chi connectivity index (χ3n) is 1.51. The average molecular weight is 276 g/mol. The molecule has 0 aliphatic heterocycles. The van der Waals surface area contributed by atoms with Crippen LogP contribution in [-0.2, 0) is 9.59 Å². The molecule has 15 heavy (non-hydrogen) atoms. The van der Waals surface area contributed by atoms with Gasteiger partial charge in [-0.05, 0) is 18.2 Å². The zero-order chi connectivity index (χ0) is 11.4. The number of carbonyl (C=O) groups is 2. The van der Waals surface area contributed by atoms with Gasteiger partial charge in [-0.15, -0.1) is 0 Å². The van der Waals surface area contributed by atoms with Crippen molar-refractivity contribution in [3.63, 3.8) is 0 Å². The molecule has 0 atom stereocenters. The maximum atomic E-state index is 13.1. The van der Waals surface area contributed by atoms with E-state index in [-0.39, 0.29) is 5.69 Å². The van der Waals surface area contributed by atoms with E-state index in [1.807, 2.05) is 0 Å².